The van der Waals surface area contributed by atoms with Crippen LogP contribution in [0.5, 0.6) is 0 Å². The molecule has 5 nitrogen and oxygen atoms in total. The van der Waals surface area contributed by atoms with Gasteiger partial charge >= 0.3 is 0 Å². The summed E-state index contributed by atoms with van der Waals surface area (Å²) in [4.78, 5) is 19.5. The van der Waals surface area contributed by atoms with E-state index in [4.69, 9.17) is 9.72 Å². The number of rotatable bonds is 4. The second-order valence-electron chi connectivity index (χ2n) is 6.76. The van der Waals surface area contributed by atoms with Gasteiger partial charge in [0.25, 0.3) is 0 Å². The van der Waals surface area contributed by atoms with Gasteiger partial charge in [0.1, 0.15) is 12.4 Å². The molecule has 0 N–H and O–H groups in total. The minimum atomic E-state index is 0.127. The molecular formula is C21H23N3O2. The SMILES string of the molecule is Cc1cccc(Cc2nc3ccccc3n2CC(=O)N2CCOCC2)c1. The summed E-state index contributed by atoms with van der Waals surface area (Å²) < 4.78 is 7.42. The molecule has 1 aromatic heterocycles. The zero-order chi connectivity index (χ0) is 17.9. The van der Waals surface area contributed by atoms with Gasteiger partial charge in [-0.2, -0.15) is 0 Å². The topological polar surface area (TPSA) is 47.4 Å². The summed E-state index contributed by atoms with van der Waals surface area (Å²) >= 11 is 0. The van der Waals surface area contributed by atoms with E-state index >= 15 is 0 Å². The maximum atomic E-state index is 12.8. The smallest absolute Gasteiger partial charge is 0.242 e. The second kappa shape index (κ2) is 7.30. The van der Waals surface area contributed by atoms with Crippen molar-refractivity contribution in [2.75, 3.05) is 26.3 Å². The highest BCUT2D eigenvalue weighted by Gasteiger charge is 2.20. The third-order valence-electron chi connectivity index (χ3n) is 4.84. The summed E-state index contributed by atoms with van der Waals surface area (Å²) in [6.45, 7) is 4.98. The van der Waals surface area contributed by atoms with E-state index in [1.54, 1.807) is 0 Å². The Bertz CT molecular complexity index is 926. The monoisotopic (exact) mass is 349 g/mol. The molecule has 0 spiro atoms. The number of morpholine rings is 1. The number of fused-ring (bicyclic) bond motifs is 1. The van der Waals surface area contributed by atoms with Crippen molar-refractivity contribution in [3.05, 3.63) is 65.5 Å². The van der Waals surface area contributed by atoms with Crippen molar-refractivity contribution in [2.45, 2.75) is 19.9 Å². The van der Waals surface area contributed by atoms with Crippen LogP contribution in [0.4, 0.5) is 0 Å². The quantitative estimate of drug-likeness (QED) is 0.728. The molecule has 2 aromatic carbocycles. The Morgan fingerprint density at radius 3 is 2.73 bits per heavy atom. The summed E-state index contributed by atoms with van der Waals surface area (Å²) in [6.07, 6.45) is 0.715. The predicted octanol–water partition coefficient (Wildman–Crippen LogP) is 2.79. The lowest BCUT2D eigenvalue weighted by Gasteiger charge is -2.27. The molecule has 5 heteroatoms. The van der Waals surface area contributed by atoms with Crippen LogP contribution in [0.2, 0.25) is 0 Å². The van der Waals surface area contributed by atoms with Gasteiger partial charge in [0, 0.05) is 19.5 Å². The number of aromatic nitrogens is 2. The first-order chi connectivity index (χ1) is 12.7. The van der Waals surface area contributed by atoms with Gasteiger partial charge in [-0.05, 0) is 24.6 Å². The highest BCUT2D eigenvalue weighted by atomic mass is 16.5. The molecule has 1 amide bonds. The summed E-state index contributed by atoms with van der Waals surface area (Å²) in [7, 11) is 0. The van der Waals surface area contributed by atoms with Crippen molar-refractivity contribution in [3.8, 4) is 0 Å². The van der Waals surface area contributed by atoms with Crippen LogP contribution in [-0.2, 0) is 22.5 Å². The molecule has 0 unspecified atom stereocenters. The fraction of sp³-hybridized carbons (Fsp3) is 0.333. The van der Waals surface area contributed by atoms with Crippen molar-refractivity contribution < 1.29 is 9.53 Å². The molecule has 0 bridgehead atoms. The van der Waals surface area contributed by atoms with E-state index in [1.807, 2.05) is 29.2 Å². The van der Waals surface area contributed by atoms with Gasteiger partial charge in [0.15, 0.2) is 0 Å². The third-order valence-corrected chi connectivity index (χ3v) is 4.84. The summed E-state index contributed by atoms with van der Waals surface area (Å²) in [5.41, 5.74) is 4.39. The van der Waals surface area contributed by atoms with E-state index in [0.29, 0.717) is 39.3 Å². The Hall–Kier alpha value is -2.66. The molecule has 2 heterocycles. The number of carbonyl (C=O) groups is 1. The molecule has 1 aliphatic heterocycles. The molecule has 3 aromatic rings. The molecule has 1 aliphatic rings. The normalized spacial score (nSPS) is 14.7. The number of amides is 1. The number of benzene rings is 2. The Morgan fingerprint density at radius 1 is 1.12 bits per heavy atom. The molecule has 4 rings (SSSR count). The van der Waals surface area contributed by atoms with E-state index in [1.165, 1.54) is 11.1 Å². The minimum Gasteiger partial charge on any atom is -0.378 e. The largest absolute Gasteiger partial charge is 0.378 e. The first kappa shape index (κ1) is 16.8. The summed E-state index contributed by atoms with van der Waals surface area (Å²) in [5, 5.41) is 0. The van der Waals surface area contributed by atoms with Crippen LogP contribution in [0.3, 0.4) is 0 Å². The molecule has 0 atom stereocenters. The molecule has 26 heavy (non-hydrogen) atoms. The first-order valence-electron chi connectivity index (χ1n) is 9.06. The average molecular weight is 349 g/mol. The van der Waals surface area contributed by atoms with Gasteiger partial charge in [-0.3, -0.25) is 4.79 Å². The highest BCUT2D eigenvalue weighted by molar-refractivity contribution is 5.81. The summed E-state index contributed by atoms with van der Waals surface area (Å²) in [6, 6.07) is 16.5. The standard InChI is InChI=1S/C21H23N3O2/c1-16-5-4-6-17(13-16)14-20-22-18-7-2-3-8-19(18)24(20)15-21(25)23-9-11-26-12-10-23/h2-8,13H,9-12,14-15H2,1H3. The van der Waals surface area contributed by atoms with Gasteiger partial charge in [-0.15, -0.1) is 0 Å². The van der Waals surface area contributed by atoms with Crippen LogP contribution in [-0.4, -0.2) is 46.7 Å². The molecular weight excluding hydrogens is 326 g/mol. The van der Waals surface area contributed by atoms with Crippen molar-refractivity contribution in [1.82, 2.24) is 14.5 Å². The first-order valence-corrected chi connectivity index (χ1v) is 9.06. The van der Waals surface area contributed by atoms with E-state index in [0.717, 1.165) is 16.9 Å². The lowest BCUT2D eigenvalue weighted by molar-refractivity contribution is -0.135. The van der Waals surface area contributed by atoms with Crippen LogP contribution >= 0.6 is 0 Å². The van der Waals surface area contributed by atoms with Gasteiger partial charge in [-0.1, -0.05) is 42.0 Å². The van der Waals surface area contributed by atoms with Crippen molar-refractivity contribution in [3.63, 3.8) is 0 Å². The van der Waals surface area contributed by atoms with Crippen LogP contribution in [0, 0.1) is 6.92 Å². The highest BCUT2D eigenvalue weighted by Crippen LogP contribution is 2.19. The molecule has 1 saturated heterocycles. The lowest BCUT2D eigenvalue weighted by Crippen LogP contribution is -2.42. The number of hydrogen-bond donors (Lipinski definition) is 0. The van der Waals surface area contributed by atoms with Crippen molar-refractivity contribution in [1.29, 1.82) is 0 Å². The van der Waals surface area contributed by atoms with E-state index in [2.05, 4.69) is 35.8 Å². The fourth-order valence-electron chi connectivity index (χ4n) is 3.49. The van der Waals surface area contributed by atoms with E-state index < -0.39 is 0 Å². The predicted molar refractivity (Wildman–Crippen MR) is 101 cm³/mol. The van der Waals surface area contributed by atoms with Crippen molar-refractivity contribution in [2.24, 2.45) is 0 Å². The van der Waals surface area contributed by atoms with Gasteiger partial charge in [0.05, 0.1) is 24.2 Å². The Morgan fingerprint density at radius 2 is 1.92 bits per heavy atom. The maximum Gasteiger partial charge on any atom is 0.242 e. The Labute approximate surface area is 153 Å². The van der Waals surface area contributed by atoms with Gasteiger partial charge in [-0.25, -0.2) is 4.98 Å². The minimum absolute atomic E-state index is 0.127. The second-order valence-corrected chi connectivity index (χ2v) is 6.76. The number of aryl methyl sites for hydroxylation is 1. The zero-order valence-corrected chi connectivity index (χ0v) is 15.0. The maximum absolute atomic E-state index is 12.8. The number of nitrogens with zero attached hydrogens (tertiary/aromatic N) is 3. The molecule has 0 aliphatic carbocycles. The van der Waals surface area contributed by atoms with Crippen LogP contribution in [0.15, 0.2) is 48.5 Å². The van der Waals surface area contributed by atoms with Gasteiger partial charge in [0.2, 0.25) is 5.91 Å². The summed E-state index contributed by atoms with van der Waals surface area (Å²) in [5.74, 6) is 1.06. The third kappa shape index (κ3) is 3.48. The molecule has 1 fully saturated rings. The lowest BCUT2D eigenvalue weighted by atomic mass is 10.1. The number of carbonyl (C=O) groups excluding carboxylic acids is 1. The Balaban J connectivity index is 1.66. The number of para-hydroxylation sites is 2. The van der Waals surface area contributed by atoms with Crippen molar-refractivity contribution >= 4 is 16.9 Å². The van der Waals surface area contributed by atoms with E-state index in [9.17, 15) is 4.79 Å². The fourth-order valence-corrected chi connectivity index (χ4v) is 3.49. The zero-order valence-electron chi connectivity index (χ0n) is 15.0. The van der Waals surface area contributed by atoms with Gasteiger partial charge < -0.3 is 14.2 Å². The van der Waals surface area contributed by atoms with Crippen LogP contribution in [0.25, 0.3) is 11.0 Å². The average Bonchev–Trinajstić information content (AvgIpc) is 3.00. The molecule has 0 saturated carbocycles. The molecule has 0 radical (unpaired) electrons. The van der Waals surface area contributed by atoms with Crippen LogP contribution in [0.1, 0.15) is 17.0 Å². The molecule has 134 valence electrons. The Kier molecular flexibility index (Phi) is 4.71. The van der Waals surface area contributed by atoms with Crippen LogP contribution < -0.4 is 0 Å². The number of imidazole rings is 1. The number of ether oxygens (including phenoxy) is 1. The number of hydrogen-bond acceptors (Lipinski definition) is 3. The van der Waals surface area contributed by atoms with E-state index in [-0.39, 0.29) is 5.91 Å².